The number of thiophene rings is 1. The topological polar surface area (TPSA) is 68.0 Å². The molecule has 0 saturated heterocycles. The number of nitrogens with one attached hydrogen (secondary N) is 1. The van der Waals surface area contributed by atoms with Gasteiger partial charge in [-0.3, -0.25) is 4.79 Å². The highest BCUT2D eigenvalue weighted by Gasteiger charge is 2.28. The molecule has 2 aromatic heterocycles. The molecule has 21 heavy (non-hydrogen) atoms. The van der Waals surface area contributed by atoms with Gasteiger partial charge >= 0.3 is 0 Å². The van der Waals surface area contributed by atoms with Gasteiger partial charge in [-0.15, -0.1) is 11.3 Å². The van der Waals surface area contributed by atoms with Gasteiger partial charge in [0.05, 0.1) is 5.69 Å². The Morgan fingerprint density at radius 1 is 1.29 bits per heavy atom. The summed E-state index contributed by atoms with van der Waals surface area (Å²) in [5, 5.41) is 4.04. The van der Waals surface area contributed by atoms with Crippen molar-refractivity contribution in [3.63, 3.8) is 0 Å². The van der Waals surface area contributed by atoms with Gasteiger partial charge in [0.2, 0.25) is 0 Å². The van der Waals surface area contributed by atoms with Gasteiger partial charge in [0, 0.05) is 16.6 Å². The third kappa shape index (κ3) is 2.88. The third-order valence-corrected chi connectivity index (χ3v) is 5.46. The van der Waals surface area contributed by atoms with Crippen molar-refractivity contribution in [3.8, 4) is 0 Å². The second-order valence-corrected chi connectivity index (χ2v) is 6.44. The fourth-order valence-electron chi connectivity index (χ4n) is 2.57. The summed E-state index contributed by atoms with van der Waals surface area (Å²) in [6.45, 7) is 8.25. The number of pyridine rings is 1. The van der Waals surface area contributed by atoms with Crippen LogP contribution in [0.15, 0.2) is 12.1 Å². The van der Waals surface area contributed by atoms with E-state index in [0.29, 0.717) is 10.6 Å². The van der Waals surface area contributed by atoms with Gasteiger partial charge in [-0.1, -0.05) is 20.8 Å². The van der Waals surface area contributed by atoms with Crippen LogP contribution in [-0.4, -0.2) is 16.4 Å². The largest absolute Gasteiger partial charge is 0.397 e. The van der Waals surface area contributed by atoms with Crippen LogP contribution in [0.25, 0.3) is 10.2 Å². The first-order valence-corrected chi connectivity index (χ1v) is 8.26. The SMILES string of the molecule is CCC(CC)(CC)NC(=O)c1sc2nc(C)ccc2c1N. The standard InChI is InChI=1S/C16H23N3OS/c1-5-16(6-2,7-3)19-14(20)13-12(17)11-9-8-10(4)18-15(11)21-13/h8-9H,5-7,17H2,1-4H3,(H,19,20). The minimum atomic E-state index is -0.150. The van der Waals surface area contributed by atoms with Gasteiger partial charge in [-0.25, -0.2) is 4.98 Å². The van der Waals surface area contributed by atoms with Gasteiger partial charge in [0.25, 0.3) is 5.91 Å². The number of hydrogen-bond donors (Lipinski definition) is 2. The lowest BCUT2D eigenvalue weighted by atomic mass is 9.89. The van der Waals surface area contributed by atoms with E-state index in [-0.39, 0.29) is 11.4 Å². The van der Waals surface area contributed by atoms with E-state index in [1.165, 1.54) is 11.3 Å². The molecule has 0 radical (unpaired) electrons. The Kier molecular flexibility index (Phi) is 4.52. The molecule has 0 bridgehead atoms. The Bertz CT molecular complexity index is 651. The predicted octanol–water partition coefficient (Wildman–Crippen LogP) is 3.89. The van der Waals surface area contributed by atoms with E-state index in [0.717, 1.165) is 35.2 Å². The molecule has 2 aromatic rings. The monoisotopic (exact) mass is 305 g/mol. The summed E-state index contributed by atoms with van der Waals surface area (Å²) in [6.07, 6.45) is 2.73. The zero-order valence-corrected chi connectivity index (χ0v) is 13.9. The average Bonchev–Trinajstić information content (AvgIpc) is 2.81. The number of fused-ring (bicyclic) bond motifs is 1. The molecule has 0 atom stereocenters. The zero-order chi connectivity index (χ0) is 15.6. The lowest BCUT2D eigenvalue weighted by Gasteiger charge is -2.31. The number of amides is 1. The molecular weight excluding hydrogens is 282 g/mol. The molecule has 0 aromatic carbocycles. The minimum Gasteiger partial charge on any atom is -0.397 e. The van der Waals surface area contributed by atoms with E-state index in [2.05, 4.69) is 31.1 Å². The molecule has 0 aliphatic heterocycles. The predicted molar refractivity (Wildman–Crippen MR) is 89.8 cm³/mol. The first-order valence-electron chi connectivity index (χ1n) is 7.44. The number of aryl methyl sites for hydroxylation is 1. The van der Waals surface area contributed by atoms with E-state index < -0.39 is 0 Å². The number of nitrogen functional groups attached to an aromatic ring is 1. The quantitative estimate of drug-likeness (QED) is 0.880. The first kappa shape index (κ1) is 15.8. The molecule has 0 aliphatic rings. The van der Waals surface area contributed by atoms with Crippen LogP contribution in [0.4, 0.5) is 5.69 Å². The Morgan fingerprint density at radius 2 is 1.90 bits per heavy atom. The van der Waals surface area contributed by atoms with Crippen molar-refractivity contribution in [2.45, 2.75) is 52.5 Å². The first-order chi connectivity index (χ1) is 9.96. The highest BCUT2D eigenvalue weighted by Crippen LogP contribution is 2.33. The zero-order valence-electron chi connectivity index (χ0n) is 13.1. The number of hydrogen-bond acceptors (Lipinski definition) is 4. The smallest absolute Gasteiger partial charge is 0.264 e. The van der Waals surface area contributed by atoms with Crippen molar-refractivity contribution in [2.75, 3.05) is 5.73 Å². The number of nitrogens with two attached hydrogens (primary N) is 1. The summed E-state index contributed by atoms with van der Waals surface area (Å²) >= 11 is 1.37. The molecule has 5 heteroatoms. The van der Waals surface area contributed by atoms with Crippen LogP contribution in [0, 0.1) is 6.92 Å². The fraction of sp³-hybridized carbons (Fsp3) is 0.500. The molecule has 4 nitrogen and oxygen atoms in total. The van der Waals surface area contributed by atoms with Crippen molar-refractivity contribution in [3.05, 3.63) is 22.7 Å². The van der Waals surface area contributed by atoms with Crippen LogP contribution >= 0.6 is 11.3 Å². The molecule has 0 spiro atoms. The minimum absolute atomic E-state index is 0.0845. The number of nitrogens with zero attached hydrogens (tertiary/aromatic N) is 1. The molecule has 114 valence electrons. The highest BCUT2D eigenvalue weighted by atomic mass is 32.1. The maximum Gasteiger partial charge on any atom is 0.264 e. The van der Waals surface area contributed by atoms with Crippen molar-refractivity contribution < 1.29 is 4.79 Å². The van der Waals surface area contributed by atoms with Gasteiger partial charge in [0.1, 0.15) is 9.71 Å². The van der Waals surface area contributed by atoms with Gasteiger partial charge < -0.3 is 11.1 Å². The summed E-state index contributed by atoms with van der Waals surface area (Å²) in [7, 11) is 0. The van der Waals surface area contributed by atoms with E-state index in [1.807, 2.05) is 19.1 Å². The third-order valence-electron chi connectivity index (χ3n) is 4.35. The van der Waals surface area contributed by atoms with E-state index in [1.54, 1.807) is 0 Å². The van der Waals surface area contributed by atoms with Crippen LogP contribution in [0.1, 0.15) is 55.4 Å². The van der Waals surface area contributed by atoms with Crippen molar-refractivity contribution in [1.82, 2.24) is 10.3 Å². The van der Waals surface area contributed by atoms with Gasteiger partial charge in [-0.05, 0) is 38.3 Å². The van der Waals surface area contributed by atoms with Gasteiger partial charge in [-0.2, -0.15) is 0 Å². The Balaban J connectivity index is 2.37. The molecule has 3 N–H and O–H groups in total. The number of carbonyl (C=O) groups is 1. The van der Waals surface area contributed by atoms with Crippen LogP contribution < -0.4 is 11.1 Å². The summed E-state index contributed by atoms with van der Waals surface area (Å²) in [5.74, 6) is -0.0845. The molecule has 2 rings (SSSR count). The Morgan fingerprint density at radius 3 is 2.48 bits per heavy atom. The fourth-order valence-corrected chi connectivity index (χ4v) is 3.61. The molecule has 0 saturated carbocycles. The maximum atomic E-state index is 12.6. The number of rotatable bonds is 5. The molecule has 0 fully saturated rings. The molecule has 2 heterocycles. The van der Waals surface area contributed by atoms with Crippen molar-refractivity contribution >= 4 is 33.1 Å². The van der Waals surface area contributed by atoms with Crippen molar-refractivity contribution in [1.29, 1.82) is 0 Å². The lowest BCUT2D eigenvalue weighted by Crippen LogP contribution is -2.47. The number of anilines is 1. The second-order valence-electron chi connectivity index (χ2n) is 5.45. The normalized spacial score (nSPS) is 11.8. The van der Waals surface area contributed by atoms with Crippen molar-refractivity contribution in [2.24, 2.45) is 0 Å². The Labute approximate surface area is 129 Å². The molecule has 1 amide bonds. The molecule has 0 unspecified atom stereocenters. The average molecular weight is 305 g/mol. The van der Waals surface area contributed by atoms with E-state index in [9.17, 15) is 4.79 Å². The van der Waals surface area contributed by atoms with E-state index in [4.69, 9.17) is 5.73 Å². The summed E-state index contributed by atoms with van der Waals surface area (Å²) in [6, 6.07) is 3.86. The number of aromatic nitrogens is 1. The number of carbonyl (C=O) groups excluding carboxylic acids is 1. The second kappa shape index (κ2) is 6.02. The lowest BCUT2D eigenvalue weighted by molar-refractivity contribution is 0.0893. The van der Waals surface area contributed by atoms with Crippen LogP contribution in [0.5, 0.6) is 0 Å². The maximum absolute atomic E-state index is 12.6. The summed E-state index contributed by atoms with van der Waals surface area (Å²) < 4.78 is 0. The summed E-state index contributed by atoms with van der Waals surface area (Å²) in [4.78, 5) is 18.5. The van der Waals surface area contributed by atoms with Crippen LogP contribution in [-0.2, 0) is 0 Å². The Hall–Kier alpha value is -1.62. The molecular formula is C16H23N3OS. The highest BCUT2D eigenvalue weighted by molar-refractivity contribution is 7.21. The molecule has 0 aliphatic carbocycles. The summed E-state index contributed by atoms with van der Waals surface area (Å²) in [5.41, 5.74) is 7.46. The van der Waals surface area contributed by atoms with Gasteiger partial charge in [0.15, 0.2) is 0 Å². The van der Waals surface area contributed by atoms with E-state index >= 15 is 0 Å². The van der Waals surface area contributed by atoms with Crippen LogP contribution in [0.2, 0.25) is 0 Å². The van der Waals surface area contributed by atoms with Crippen LogP contribution in [0.3, 0.4) is 0 Å².